The van der Waals surface area contributed by atoms with E-state index < -0.39 is 5.97 Å². The van der Waals surface area contributed by atoms with Gasteiger partial charge in [0, 0.05) is 11.5 Å². The molecule has 1 aromatic heterocycles. The van der Waals surface area contributed by atoms with E-state index in [2.05, 4.69) is 29.2 Å². The molecule has 0 bridgehead atoms. The van der Waals surface area contributed by atoms with Crippen LogP contribution in [0.25, 0.3) is 22.4 Å². The van der Waals surface area contributed by atoms with Gasteiger partial charge in [0.25, 0.3) is 0 Å². The Kier molecular flexibility index (Phi) is 4.41. The molecule has 29 heavy (non-hydrogen) atoms. The lowest BCUT2D eigenvalue weighted by Crippen LogP contribution is -2.14. The van der Waals surface area contributed by atoms with Crippen LogP contribution in [0.2, 0.25) is 0 Å². The van der Waals surface area contributed by atoms with Gasteiger partial charge in [0.05, 0.1) is 5.69 Å². The van der Waals surface area contributed by atoms with Gasteiger partial charge < -0.3 is 4.74 Å². The van der Waals surface area contributed by atoms with Crippen molar-refractivity contribution in [3.05, 3.63) is 114 Å². The number of ether oxygens (including phenoxy) is 1. The lowest BCUT2D eigenvalue weighted by Gasteiger charge is -2.14. The number of rotatable bonds is 4. The zero-order valence-electron chi connectivity index (χ0n) is 15.8. The summed E-state index contributed by atoms with van der Waals surface area (Å²) in [5.41, 5.74) is 6.89. The molecule has 0 saturated heterocycles. The smallest absolute Gasteiger partial charge is 0.356 e. The molecule has 0 unspecified atom stereocenters. The molecular weight excluding hydrogens is 358 g/mol. The predicted octanol–water partition coefficient (Wildman–Crippen LogP) is 5.72. The summed E-state index contributed by atoms with van der Waals surface area (Å²) < 4.78 is 5.72. The minimum Gasteiger partial charge on any atom is -0.460 e. The van der Waals surface area contributed by atoms with E-state index in [1.165, 1.54) is 22.3 Å². The summed E-state index contributed by atoms with van der Waals surface area (Å²) in [5, 5.41) is 0. The molecule has 0 N–H and O–H groups in total. The zero-order chi connectivity index (χ0) is 19.6. The van der Waals surface area contributed by atoms with Crippen molar-refractivity contribution in [2.45, 2.75) is 5.92 Å². The van der Waals surface area contributed by atoms with Crippen LogP contribution < -0.4 is 0 Å². The SMILES string of the molecule is O=C(OCC1c2ccccc2-c2ccccc21)c1cccc(-c2ccccc2)n1. The quantitative estimate of drug-likeness (QED) is 0.427. The average Bonchev–Trinajstić information content (AvgIpc) is 3.12. The molecular formula is C26H19NO2. The van der Waals surface area contributed by atoms with Crippen molar-refractivity contribution in [1.29, 1.82) is 0 Å². The van der Waals surface area contributed by atoms with Crippen LogP contribution in [0.5, 0.6) is 0 Å². The fourth-order valence-electron chi connectivity index (χ4n) is 3.99. The maximum absolute atomic E-state index is 12.7. The molecule has 0 radical (unpaired) electrons. The summed E-state index contributed by atoms with van der Waals surface area (Å²) in [4.78, 5) is 17.2. The molecule has 0 spiro atoms. The number of fused-ring (bicyclic) bond motifs is 3. The van der Waals surface area contributed by atoms with Gasteiger partial charge in [-0.3, -0.25) is 0 Å². The highest BCUT2D eigenvalue weighted by molar-refractivity contribution is 5.88. The second kappa shape index (κ2) is 7.36. The first kappa shape index (κ1) is 17.4. The van der Waals surface area contributed by atoms with Crippen LogP contribution in [0.4, 0.5) is 0 Å². The lowest BCUT2D eigenvalue weighted by atomic mass is 9.98. The van der Waals surface area contributed by atoms with Gasteiger partial charge in [0.15, 0.2) is 0 Å². The van der Waals surface area contributed by atoms with Gasteiger partial charge >= 0.3 is 5.97 Å². The highest BCUT2D eigenvalue weighted by atomic mass is 16.5. The number of hydrogen-bond acceptors (Lipinski definition) is 3. The Morgan fingerprint density at radius 3 is 2.03 bits per heavy atom. The van der Waals surface area contributed by atoms with Crippen molar-refractivity contribution >= 4 is 5.97 Å². The van der Waals surface area contributed by atoms with Crippen molar-refractivity contribution in [2.75, 3.05) is 6.61 Å². The molecule has 5 rings (SSSR count). The van der Waals surface area contributed by atoms with Crippen molar-refractivity contribution in [3.63, 3.8) is 0 Å². The monoisotopic (exact) mass is 377 g/mol. The molecule has 1 heterocycles. The van der Waals surface area contributed by atoms with Gasteiger partial charge in [-0.15, -0.1) is 0 Å². The highest BCUT2D eigenvalue weighted by Gasteiger charge is 2.29. The van der Waals surface area contributed by atoms with Gasteiger partial charge in [-0.1, -0.05) is 84.9 Å². The van der Waals surface area contributed by atoms with Crippen LogP contribution in [0, 0.1) is 0 Å². The van der Waals surface area contributed by atoms with E-state index in [-0.39, 0.29) is 5.92 Å². The van der Waals surface area contributed by atoms with Gasteiger partial charge in [-0.05, 0) is 34.4 Å². The fraction of sp³-hybridized carbons (Fsp3) is 0.0769. The Morgan fingerprint density at radius 1 is 0.724 bits per heavy atom. The molecule has 1 aliphatic carbocycles. The lowest BCUT2D eigenvalue weighted by molar-refractivity contribution is 0.0487. The third kappa shape index (κ3) is 3.21. The van der Waals surface area contributed by atoms with E-state index in [9.17, 15) is 4.79 Å². The molecule has 1 aliphatic rings. The summed E-state index contributed by atoms with van der Waals surface area (Å²) in [6.45, 7) is 0.296. The first-order valence-corrected chi connectivity index (χ1v) is 9.69. The van der Waals surface area contributed by atoms with E-state index in [1.807, 2.05) is 66.7 Å². The van der Waals surface area contributed by atoms with E-state index in [0.29, 0.717) is 12.3 Å². The Morgan fingerprint density at radius 2 is 1.34 bits per heavy atom. The maximum Gasteiger partial charge on any atom is 0.356 e. The molecule has 0 amide bonds. The predicted molar refractivity (Wildman–Crippen MR) is 114 cm³/mol. The Bertz CT molecular complexity index is 1140. The second-order valence-corrected chi connectivity index (χ2v) is 7.10. The highest BCUT2D eigenvalue weighted by Crippen LogP contribution is 2.44. The van der Waals surface area contributed by atoms with E-state index >= 15 is 0 Å². The van der Waals surface area contributed by atoms with Gasteiger partial charge in [0.2, 0.25) is 0 Å². The molecule has 3 aromatic carbocycles. The van der Waals surface area contributed by atoms with Crippen LogP contribution in [0.3, 0.4) is 0 Å². The molecule has 0 fully saturated rings. The van der Waals surface area contributed by atoms with Crippen molar-refractivity contribution < 1.29 is 9.53 Å². The van der Waals surface area contributed by atoms with Gasteiger partial charge in [-0.2, -0.15) is 0 Å². The normalized spacial score (nSPS) is 12.3. The van der Waals surface area contributed by atoms with Gasteiger partial charge in [-0.25, -0.2) is 9.78 Å². The van der Waals surface area contributed by atoms with E-state index in [4.69, 9.17) is 4.74 Å². The molecule has 0 saturated carbocycles. The number of carbonyl (C=O) groups excluding carboxylic acids is 1. The third-order valence-electron chi connectivity index (χ3n) is 5.37. The average molecular weight is 377 g/mol. The number of carbonyl (C=O) groups is 1. The summed E-state index contributed by atoms with van der Waals surface area (Å²) in [7, 11) is 0. The van der Waals surface area contributed by atoms with Crippen LogP contribution in [-0.2, 0) is 4.74 Å². The number of benzene rings is 3. The number of pyridine rings is 1. The molecule has 4 aromatic rings. The largest absolute Gasteiger partial charge is 0.460 e. The first-order valence-electron chi connectivity index (χ1n) is 9.69. The summed E-state index contributed by atoms with van der Waals surface area (Å²) in [6, 6.07) is 31.9. The maximum atomic E-state index is 12.7. The standard InChI is InChI=1S/C26H19NO2/c28-26(25-16-8-15-24(27-25)18-9-2-1-3-10-18)29-17-23-21-13-6-4-11-19(21)20-12-5-7-14-22(20)23/h1-16,23H,17H2. The van der Waals surface area contributed by atoms with Gasteiger partial charge in [0.1, 0.15) is 12.3 Å². The Labute approximate surface area is 169 Å². The van der Waals surface area contributed by atoms with Crippen LogP contribution in [0.1, 0.15) is 27.5 Å². The minimum atomic E-state index is -0.398. The summed E-state index contributed by atoms with van der Waals surface area (Å²) in [6.07, 6.45) is 0. The van der Waals surface area contributed by atoms with E-state index in [0.717, 1.165) is 11.3 Å². The van der Waals surface area contributed by atoms with Crippen LogP contribution in [-0.4, -0.2) is 17.6 Å². The third-order valence-corrected chi connectivity index (χ3v) is 5.37. The molecule has 3 nitrogen and oxygen atoms in total. The molecule has 0 aliphatic heterocycles. The fourth-order valence-corrected chi connectivity index (χ4v) is 3.99. The summed E-state index contributed by atoms with van der Waals surface area (Å²) >= 11 is 0. The number of aromatic nitrogens is 1. The first-order chi connectivity index (χ1) is 14.3. The number of esters is 1. The number of hydrogen-bond donors (Lipinski definition) is 0. The van der Waals surface area contributed by atoms with Crippen molar-refractivity contribution in [2.24, 2.45) is 0 Å². The van der Waals surface area contributed by atoms with Crippen LogP contribution in [0.15, 0.2) is 97.1 Å². The second-order valence-electron chi connectivity index (χ2n) is 7.10. The summed E-state index contributed by atoms with van der Waals surface area (Å²) in [5.74, 6) is -0.353. The minimum absolute atomic E-state index is 0.0451. The van der Waals surface area contributed by atoms with Crippen molar-refractivity contribution in [3.8, 4) is 22.4 Å². The molecule has 0 atom stereocenters. The number of nitrogens with zero attached hydrogens (tertiary/aromatic N) is 1. The zero-order valence-corrected chi connectivity index (χ0v) is 15.8. The Balaban J connectivity index is 1.38. The van der Waals surface area contributed by atoms with Crippen LogP contribution >= 0.6 is 0 Å². The topological polar surface area (TPSA) is 39.2 Å². The molecule has 3 heteroatoms. The molecule has 140 valence electrons. The van der Waals surface area contributed by atoms with E-state index in [1.54, 1.807) is 6.07 Å². The Hall–Kier alpha value is -3.72. The van der Waals surface area contributed by atoms with Crippen molar-refractivity contribution in [1.82, 2.24) is 4.98 Å².